The van der Waals surface area contributed by atoms with Gasteiger partial charge in [0, 0.05) is 41.8 Å². The Bertz CT molecular complexity index is 1520. The highest BCUT2D eigenvalue weighted by molar-refractivity contribution is 5.96. The van der Waals surface area contributed by atoms with Crippen molar-refractivity contribution in [2.75, 3.05) is 0 Å². The minimum absolute atomic E-state index is 0.141. The van der Waals surface area contributed by atoms with E-state index in [-0.39, 0.29) is 11.8 Å². The second kappa shape index (κ2) is 9.70. The number of benzene rings is 4. The summed E-state index contributed by atoms with van der Waals surface area (Å²) >= 11 is 0. The first-order valence-electron chi connectivity index (χ1n) is 12.0. The van der Waals surface area contributed by atoms with Crippen LogP contribution in [0.5, 0.6) is 5.75 Å². The molecular weight excluding hydrogens is 461 g/mol. The van der Waals surface area contributed by atoms with Gasteiger partial charge in [0.25, 0.3) is 0 Å². The summed E-state index contributed by atoms with van der Waals surface area (Å²) < 4.78 is 44.6. The topological polar surface area (TPSA) is 26.2 Å². The summed E-state index contributed by atoms with van der Waals surface area (Å²) in [7, 11) is 0. The van der Waals surface area contributed by atoms with E-state index in [9.17, 15) is 13.2 Å². The molecule has 0 bridgehead atoms. The van der Waals surface area contributed by atoms with Crippen molar-refractivity contribution in [1.82, 2.24) is 9.88 Å². The van der Waals surface area contributed by atoms with E-state index < -0.39 is 6.36 Å². The zero-order valence-electron chi connectivity index (χ0n) is 20.1. The molecule has 1 unspecified atom stereocenters. The van der Waals surface area contributed by atoms with Gasteiger partial charge in [-0.3, -0.25) is 0 Å². The standard InChI is InChI=1S/C30H27F3N2O/c1-3-35-19-28(23-10-6-11-24(17-23)36-30(31,32)33)27-16-21(14-15-29(27)35)18-34-20(2)25-13-7-9-22-8-4-5-12-26(22)25/h4-17,19-20,34H,3,18H2,1-2H3. The van der Waals surface area contributed by atoms with Crippen molar-refractivity contribution in [2.45, 2.75) is 39.3 Å². The molecule has 0 saturated carbocycles. The molecule has 4 aromatic carbocycles. The highest BCUT2D eigenvalue weighted by Crippen LogP contribution is 2.34. The van der Waals surface area contributed by atoms with Crippen LogP contribution >= 0.6 is 0 Å². The number of hydrogen-bond donors (Lipinski definition) is 1. The van der Waals surface area contributed by atoms with Gasteiger partial charge in [-0.05, 0) is 65.6 Å². The number of alkyl halides is 3. The molecule has 36 heavy (non-hydrogen) atoms. The molecule has 1 N–H and O–H groups in total. The van der Waals surface area contributed by atoms with Gasteiger partial charge in [0.15, 0.2) is 0 Å². The molecule has 0 aliphatic heterocycles. The molecule has 0 aliphatic rings. The molecule has 0 saturated heterocycles. The van der Waals surface area contributed by atoms with E-state index in [1.165, 1.54) is 28.5 Å². The highest BCUT2D eigenvalue weighted by atomic mass is 19.4. The van der Waals surface area contributed by atoms with Crippen LogP contribution in [0.4, 0.5) is 13.2 Å². The molecule has 3 nitrogen and oxygen atoms in total. The van der Waals surface area contributed by atoms with E-state index in [2.05, 4.69) is 76.1 Å². The average Bonchev–Trinajstić information content (AvgIpc) is 3.24. The fraction of sp³-hybridized carbons (Fsp3) is 0.200. The maximum atomic E-state index is 12.8. The summed E-state index contributed by atoms with van der Waals surface area (Å²) in [6.45, 7) is 5.62. The third-order valence-electron chi connectivity index (χ3n) is 6.57. The second-order valence-corrected chi connectivity index (χ2v) is 8.93. The Morgan fingerprint density at radius 3 is 2.47 bits per heavy atom. The van der Waals surface area contributed by atoms with Crippen LogP contribution in [0, 0.1) is 0 Å². The Morgan fingerprint density at radius 2 is 1.67 bits per heavy atom. The SMILES string of the molecule is CCn1cc(-c2cccc(OC(F)(F)F)c2)c2cc(CNC(C)c3cccc4ccccc34)ccc21. The Labute approximate surface area is 208 Å². The molecule has 5 aromatic rings. The normalized spacial score (nSPS) is 12.8. The van der Waals surface area contributed by atoms with Crippen LogP contribution in [0.25, 0.3) is 32.8 Å². The predicted molar refractivity (Wildman–Crippen MR) is 139 cm³/mol. The third kappa shape index (κ3) is 4.95. The van der Waals surface area contributed by atoms with Crippen LogP contribution in [0.1, 0.15) is 31.0 Å². The lowest BCUT2D eigenvalue weighted by Gasteiger charge is -2.17. The van der Waals surface area contributed by atoms with Crippen LogP contribution < -0.4 is 10.1 Å². The summed E-state index contributed by atoms with van der Waals surface area (Å²) in [5.74, 6) is -0.223. The maximum Gasteiger partial charge on any atom is 0.573 e. The Kier molecular flexibility index (Phi) is 6.46. The molecule has 184 valence electrons. The number of ether oxygens (including phenoxy) is 1. The van der Waals surface area contributed by atoms with Crippen molar-refractivity contribution in [3.05, 3.63) is 102 Å². The first-order valence-corrected chi connectivity index (χ1v) is 12.0. The van der Waals surface area contributed by atoms with Crippen LogP contribution in [0.15, 0.2) is 91.1 Å². The van der Waals surface area contributed by atoms with Gasteiger partial charge in [-0.15, -0.1) is 13.2 Å². The minimum Gasteiger partial charge on any atom is -0.406 e. The molecule has 0 spiro atoms. The quantitative estimate of drug-likeness (QED) is 0.250. The monoisotopic (exact) mass is 488 g/mol. The number of rotatable bonds is 7. The molecule has 0 aliphatic carbocycles. The van der Waals surface area contributed by atoms with Crippen molar-refractivity contribution < 1.29 is 17.9 Å². The number of halogens is 3. The molecular formula is C30H27F3N2O. The first-order chi connectivity index (χ1) is 17.3. The zero-order chi connectivity index (χ0) is 25.3. The number of aromatic nitrogens is 1. The van der Waals surface area contributed by atoms with Crippen molar-refractivity contribution in [3.63, 3.8) is 0 Å². The number of nitrogens with zero attached hydrogens (tertiary/aromatic N) is 1. The van der Waals surface area contributed by atoms with Crippen molar-refractivity contribution >= 4 is 21.7 Å². The molecule has 6 heteroatoms. The lowest BCUT2D eigenvalue weighted by Crippen LogP contribution is -2.18. The molecule has 0 fully saturated rings. The zero-order valence-corrected chi connectivity index (χ0v) is 20.1. The van der Waals surface area contributed by atoms with Gasteiger partial charge in [0.2, 0.25) is 0 Å². The molecule has 1 heterocycles. The van der Waals surface area contributed by atoms with Crippen LogP contribution in [0.2, 0.25) is 0 Å². The Morgan fingerprint density at radius 1 is 0.889 bits per heavy atom. The van der Waals surface area contributed by atoms with Gasteiger partial charge >= 0.3 is 6.36 Å². The fourth-order valence-corrected chi connectivity index (χ4v) is 4.82. The van der Waals surface area contributed by atoms with Crippen LogP contribution in [-0.4, -0.2) is 10.9 Å². The second-order valence-electron chi connectivity index (χ2n) is 8.93. The molecule has 0 amide bonds. The summed E-state index contributed by atoms with van der Waals surface area (Å²) in [4.78, 5) is 0. The summed E-state index contributed by atoms with van der Waals surface area (Å²) in [6, 6.07) is 27.3. The molecule has 0 radical (unpaired) electrons. The summed E-state index contributed by atoms with van der Waals surface area (Å²) in [6.07, 6.45) is -2.73. The lowest BCUT2D eigenvalue weighted by molar-refractivity contribution is -0.274. The Balaban J connectivity index is 1.44. The number of aryl methyl sites for hydroxylation is 1. The predicted octanol–water partition coefficient (Wildman–Crippen LogP) is 8.23. The first kappa shape index (κ1) is 23.9. The number of hydrogen-bond acceptors (Lipinski definition) is 2. The molecule has 5 rings (SSSR count). The van der Waals surface area contributed by atoms with Crippen molar-refractivity contribution in [1.29, 1.82) is 0 Å². The minimum atomic E-state index is -4.73. The Hall–Kier alpha value is -3.77. The van der Waals surface area contributed by atoms with Gasteiger partial charge in [0.1, 0.15) is 5.75 Å². The number of nitrogens with one attached hydrogen (secondary N) is 1. The van der Waals surface area contributed by atoms with Crippen molar-refractivity contribution in [2.24, 2.45) is 0 Å². The van der Waals surface area contributed by atoms with Crippen LogP contribution in [-0.2, 0) is 13.1 Å². The van der Waals surface area contributed by atoms with E-state index in [0.717, 1.165) is 28.6 Å². The van der Waals surface area contributed by atoms with E-state index in [1.54, 1.807) is 6.07 Å². The van der Waals surface area contributed by atoms with Gasteiger partial charge in [-0.25, -0.2) is 0 Å². The van der Waals surface area contributed by atoms with E-state index in [4.69, 9.17) is 0 Å². The lowest BCUT2D eigenvalue weighted by atomic mass is 9.99. The third-order valence-corrected chi connectivity index (χ3v) is 6.57. The van der Waals surface area contributed by atoms with E-state index >= 15 is 0 Å². The van der Waals surface area contributed by atoms with Gasteiger partial charge in [-0.1, -0.05) is 60.7 Å². The average molecular weight is 489 g/mol. The van der Waals surface area contributed by atoms with E-state index in [0.29, 0.717) is 12.1 Å². The highest BCUT2D eigenvalue weighted by Gasteiger charge is 2.31. The summed E-state index contributed by atoms with van der Waals surface area (Å²) in [5, 5.41) is 7.08. The molecule has 1 aromatic heterocycles. The van der Waals surface area contributed by atoms with Crippen molar-refractivity contribution in [3.8, 4) is 16.9 Å². The fourth-order valence-electron chi connectivity index (χ4n) is 4.82. The maximum absolute atomic E-state index is 12.8. The van der Waals surface area contributed by atoms with Gasteiger partial charge < -0.3 is 14.6 Å². The molecule has 1 atom stereocenters. The summed E-state index contributed by atoms with van der Waals surface area (Å²) in [5.41, 5.74) is 4.95. The van der Waals surface area contributed by atoms with Gasteiger partial charge in [0.05, 0.1) is 0 Å². The largest absolute Gasteiger partial charge is 0.573 e. The van der Waals surface area contributed by atoms with Gasteiger partial charge in [-0.2, -0.15) is 0 Å². The smallest absolute Gasteiger partial charge is 0.406 e. The number of fused-ring (bicyclic) bond motifs is 2. The van der Waals surface area contributed by atoms with Crippen LogP contribution in [0.3, 0.4) is 0 Å². The van der Waals surface area contributed by atoms with E-state index in [1.807, 2.05) is 25.3 Å².